The Labute approximate surface area is 173 Å². The van der Waals surface area contributed by atoms with Gasteiger partial charge in [-0.1, -0.05) is 18.2 Å². The molecule has 1 fully saturated rings. The van der Waals surface area contributed by atoms with Crippen molar-refractivity contribution in [2.75, 3.05) is 20.0 Å². The molecule has 2 aromatic carbocycles. The van der Waals surface area contributed by atoms with Crippen molar-refractivity contribution in [3.8, 4) is 17.2 Å². The summed E-state index contributed by atoms with van der Waals surface area (Å²) in [5.41, 5.74) is 2.23. The molecule has 3 aromatic rings. The number of hydrogen-bond donors (Lipinski definition) is 1. The lowest BCUT2D eigenvalue weighted by Crippen LogP contribution is -2.37. The van der Waals surface area contributed by atoms with Gasteiger partial charge in [-0.3, -0.25) is 4.79 Å². The van der Waals surface area contributed by atoms with Crippen molar-refractivity contribution < 1.29 is 19.4 Å². The average Bonchev–Trinajstić information content (AvgIpc) is 2.75. The molecule has 0 bridgehead atoms. The lowest BCUT2D eigenvalue weighted by atomic mass is 10.1. The highest BCUT2D eigenvalue weighted by Crippen LogP contribution is 2.39. The van der Waals surface area contributed by atoms with Crippen molar-refractivity contribution in [1.29, 1.82) is 0 Å². The molecular formula is C22H22N2O4S. The van der Waals surface area contributed by atoms with Crippen LogP contribution in [0.2, 0.25) is 0 Å². The molecule has 0 aliphatic carbocycles. The van der Waals surface area contributed by atoms with Crippen LogP contribution in [-0.4, -0.2) is 40.9 Å². The molecule has 1 aromatic heterocycles. The summed E-state index contributed by atoms with van der Waals surface area (Å²) >= 11 is 1.68. The van der Waals surface area contributed by atoms with Crippen LogP contribution in [0.15, 0.2) is 48.5 Å². The van der Waals surface area contributed by atoms with Crippen LogP contribution >= 0.6 is 11.8 Å². The first-order chi connectivity index (χ1) is 14.1. The van der Waals surface area contributed by atoms with Gasteiger partial charge < -0.3 is 19.5 Å². The quantitative estimate of drug-likeness (QED) is 0.682. The summed E-state index contributed by atoms with van der Waals surface area (Å²) in [6.45, 7) is 0.421. The summed E-state index contributed by atoms with van der Waals surface area (Å²) in [6.07, 6.45) is 0.487. The summed E-state index contributed by atoms with van der Waals surface area (Å²) in [5, 5.41) is 10.8. The molecule has 1 N–H and O–H groups in total. The highest BCUT2D eigenvalue weighted by Gasteiger charge is 2.31. The Hall–Kier alpha value is -2.93. The molecule has 6 nitrogen and oxygen atoms in total. The second-order valence-electron chi connectivity index (χ2n) is 6.80. The molecule has 0 spiro atoms. The molecule has 1 aliphatic heterocycles. The molecule has 2 heterocycles. The van der Waals surface area contributed by atoms with Gasteiger partial charge in [0.05, 0.1) is 19.9 Å². The zero-order valence-electron chi connectivity index (χ0n) is 16.3. The molecule has 1 atom stereocenters. The number of phenolic OH excluding ortho intramolecular Hbond substituents is 1. The molecule has 1 saturated heterocycles. The van der Waals surface area contributed by atoms with E-state index in [1.807, 2.05) is 35.2 Å². The van der Waals surface area contributed by atoms with Crippen molar-refractivity contribution in [2.24, 2.45) is 0 Å². The number of amides is 1. The number of carbonyl (C=O) groups is 1. The number of para-hydroxylation sites is 1. The summed E-state index contributed by atoms with van der Waals surface area (Å²) in [6, 6.07) is 14.8. The summed E-state index contributed by atoms with van der Waals surface area (Å²) in [5.74, 6) is 2.32. The largest absolute Gasteiger partial charge is 0.506 e. The summed E-state index contributed by atoms with van der Waals surface area (Å²) in [7, 11) is 3.21. The van der Waals surface area contributed by atoms with Crippen molar-refractivity contribution in [1.82, 2.24) is 9.88 Å². The van der Waals surface area contributed by atoms with Gasteiger partial charge in [-0.25, -0.2) is 4.98 Å². The van der Waals surface area contributed by atoms with Crippen molar-refractivity contribution >= 4 is 28.6 Å². The van der Waals surface area contributed by atoms with E-state index in [1.165, 1.54) is 0 Å². The molecule has 1 unspecified atom stereocenters. The fourth-order valence-corrected chi connectivity index (χ4v) is 4.67. The number of ether oxygens (including phenoxy) is 2. The van der Waals surface area contributed by atoms with Gasteiger partial charge in [0.25, 0.3) is 0 Å². The van der Waals surface area contributed by atoms with Crippen LogP contribution in [-0.2, 0) is 11.3 Å². The number of thioether (sulfide) groups is 1. The lowest BCUT2D eigenvalue weighted by molar-refractivity contribution is -0.132. The third-order valence-corrected chi connectivity index (χ3v) is 6.18. The van der Waals surface area contributed by atoms with Crippen LogP contribution in [0.3, 0.4) is 0 Å². The van der Waals surface area contributed by atoms with Crippen LogP contribution in [0.1, 0.15) is 23.1 Å². The van der Waals surface area contributed by atoms with Gasteiger partial charge >= 0.3 is 0 Å². The van der Waals surface area contributed by atoms with Crippen LogP contribution in [0.4, 0.5) is 0 Å². The minimum absolute atomic E-state index is 0.0784. The fourth-order valence-electron chi connectivity index (χ4n) is 3.48. The lowest BCUT2D eigenvalue weighted by Gasteiger charge is -2.35. The Morgan fingerprint density at radius 3 is 2.62 bits per heavy atom. The van der Waals surface area contributed by atoms with Crippen LogP contribution in [0.25, 0.3) is 10.9 Å². The molecule has 0 radical (unpaired) electrons. The zero-order chi connectivity index (χ0) is 20.4. The zero-order valence-corrected chi connectivity index (χ0v) is 17.1. The number of fused-ring (bicyclic) bond motifs is 1. The smallest absolute Gasteiger partial charge is 0.224 e. The van der Waals surface area contributed by atoms with Crippen LogP contribution in [0, 0.1) is 0 Å². The first kappa shape index (κ1) is 19.4. The predicted octanol–water partition coefficient (Wildman–Crippen LogP) is 4.12. The number of phenols is 1. The molecule has 7 heteroatoms. The first-order valence-electron chi connectivity index (χ1n) is 9.30. The molecular weight excluding hydrogens is 388 g/mol. The van der Waals surface area contributed by atoms with E-state index >= 15 is 0 Å². The number of benzene rings is 2. The first-order valence-corrected chi connectivity index (χ1v) is 10.4. The molecule has 4 rings (SSSR count). The van der Waals surface area contributed by atoms with Crippen LogP contribution < -0.4 is 9.47 Å². The van der Waals surface area contributed by atoms with Gasteiger partial charge in [0.15, 0.2) is 0 Å². The van der Waals surface area contributed by atoms with E-state index < -0.39 is 0 Å². The number of aromatic nitrogens is 1. The second-order valence-corrected chi connectivity index (χ2v) is 7.99. The highest BCUT2D eigenvalue weighted by molar-refractivity contribution is 7.99. The summed E-state index contributed by atoms with van der Waals surface area (Å²) in [4.78, 5) is 19.3. The minimum Gasteiger partial charge on any atom is -0.506 e. The third-order valence-electron chi connectivity index (χ3n) is 4.93. The number of carbonyl (C=O) groups excluding carboxylic acids is 1. The van der Waals surface area contributed by atoms with Crippen LogP contribution in [0.5, 0.6) is 17.2 Å². The second kappa shape index (κ2) is 8.21. The van der Waals surface area contributed by atoms with E-state index in [-0.39, 0.29) is 17.0 Å². The van der Waals surface area contributed by atoms with Crippen molar-refractivity contribution in [3.05, 3.63) is 59.8 Å². The average molecular weight is 410 g/mol. The highest BCUT2D eigenvalue weighted by atomic mass is 32.2. The topological polar surface area (TPSA) is 71.9 Å². The van der Waals surface area contributed by atoms with Crippen molar-refractivity contribution in [2.45, 2.75) is 18.3 Å². The normalized spacial score (nSPS) is 16.8. The van der Waals surface area contributed by atoms with Crippen molar-refractivity contribution in [3.63, 3.8) is 0 Å². The van der Waals surface area contributed by atoms with Gasteiger partial charge in [0.1, 0.15) is 28.1 Å². The number of methoxy groups -OCH3 is 2. The maximum atomic E-state index is 12.8. The Balaban J connectivity index is 1.69. The van der Waals surface area contributed by atoms with Gasteiger partial charge in [-0.05, 0) is 29.8 Å². The van der Waals surface area contributed by atoms with E-state index in [0.29, 0.717) is 30.0 Å². The molecule has 1 amide bonds. The molecule has 0 saturated carbocycles. The third kappa shape index (κ3) is 3.96. The number of rotatable bonds is 5. The monoisotopic (exact) mass is 410 g/mol. The van der Waals surface area contributed by atoms with Gasteiger partial charge in [0.2, 0.25) is 5.91 Å². The van der Waals surface area contributed by atoms with E-state index in [0.717, 1.165) is 22.4 Å². The number of aromatic hydroxyl groups is 1. The maximum absolute atomic E-state index is 12.8. The Kier molecular flexibility index (Phi) is 5.49. The number of hydrogen-bond acceptors (Lipinski definition) is 6. The standard InChI is InChI=1S/C22H22N2O4S/c1-27-16-10-14(11-17(12-16)28-2)13-24-20(26)8-9-29-22(24)18-7-6-15-4-3-5-19(25)21(15)23-18/h3-7,10-12,22,25H,8-9,13H2,1-2H3. The molecule has 29 heavy (non-hydrogen) atoms. The van der Waals surface area contributed by atoms with Gasteiger partial charge in [0, 0.05) is 30.2 Å². The number of nitrogens with zero attached hydrogens (tertiary/aromatic N) is 2. The molecule has 1 aliphatic rings. The van der Waals surface area contributed by atoms with E-state index in [1.54, 1.807) is 44.2 Å². The fraction of sp³-hybridized carbons (Fsp3) is 0.273. The maximum Gasteiger partial charge on any atom is 0.224 e. The minimum atomic E-state index is -0.225. The van der Waals surface area contributed by atoms with Gasteiger partial charge in [-0.15, -0.1) is 11.8 Å². The number of pyridine rings is 1. The van der Waals surface area contributed by atoms with E-state index in [2.05, 4.69) is 4.98 Å². The van der Waals surface area contributed by atoms with E-state index in [4.69, 9.17) is 9.47 Å². The predicted molar refractivity (Wildman–Crippen MR) is 113 cm³/mol. The Morgan fingerprint density at radius 2 is 1.90 bits per heavy atom. The van der Waals surface area contributed by atoms with E-state index in [9.17, 15) is 9.90 Å². The molecule has 150 valence electrons. The summed E-state index contributed by atoms with van der Waals surface area (Å²) < 4.78 is 10.7. The Morgan fingerprint density at radius 1 is 1.14 bits per heavy atom. The SMILES string of the molecule is COc1cc(CN2C(=O)CCSC2c2ccc3cccc(O)c3n2)cc(OC)c1. The van der Waals surface area contributed by atoms with Gasteiger partial charge in [-0.2, -0.15) is 0 Å². The Bertz CT molecular complexity index is 1030.